The molecule has 0 atom stereocenters. The number of pyridine rings is 1. The summed E-state index contributed by atoms with van der Waals surface area (Å²) in [5.41, 5.74) is 3.97. The van der Waals surface area contributed by atoms with Gasteiger partial charge in [-0.05, 0) is 37.7 Å². The van der Waals surface area contributed by atoms with E-state index in [0.29, 0.717) is 0 Å². The van der Waals surface area contributed by atoms with Gasteiger partial charge in [-0.2, -0.15) is 0 Å². The maximum atomic E-state index is 4.66. The molecule has 5 rings (SSSR count). The summed E-state index contributed by atoms with van der Waals surface area (Å²) in [6.45, 7) is 4.10. The Labute approximate surface area is 187 Å². The molecule has 8 nitrogen and oxygen atoms in total. The van der Waals surface area contributed by atoms with E-state index in [2.05, 4.69) is 60.0 Å². The monoisotopic (exact) mass is 426 g/mol. The molecule has 8 heteroatoms. The van der Waals surface area contributed by atoms with Crippen LogP contribution in [0.5, 0.6) is 0 Å². The quantitative estimate of drug-likeness (QED) is 0.492. The van der Waals surface area contributed by atoms with E-state index in [1.54, 1.807) is 18.6 Å². The first kappa shape index (κ1) is 20.3. The SMILES string of the molecule is CN1CCCN(c2ncc(-c3ccc4c(N(C)c5cnccn5)ccnc4c3)cn2)CC1. The third-order valence-electron chi connectivity index (χ3n) is 5.95. The van der Waals surface area contributed by atoms with Crippen LogP contribution in [-0.4, -0.2) is 70.1 Å². The molecule has 1 aliphatic rings. The maximum absolute atomic E-state index is 4.66. The van der Waals surface area contributed by atoms with Gasteiger partial charge in [0.25, 0.3) is 0 Å². The summed E-state index contributed by atoms with van der Waals surface area (Å²) in [5, 5.41) is 1.05. The van der Waals surface area contributed by atoms with E-state index >= 15 is 0 Å². The Morgan fingerprint density at radius 3 is 2.50 bits per heavy atom. The zero-order valence-corrected chi connectivity index (χ0v) is 18.4. The lowest BCUT2D eigenvalue weighted by Gasteiger charge is -2.20. The van der Waals surface area contributed by atoms with E-state index in [1.165, 1.54) is 0 Å². The van der Waals surface area contributed by atoms with Crippen LogP contribution < -0.4 is 9.80 Å². The molecule has 162 valence electrons. The number of aromatic nitrogens is 5. The second-order valence-corrected chi connectivity index (χ2v) is 8.10. The normalized spacial score (nSPS) is 15.0. The minimum Gasteiger partial charge on any atom is -0.339 e. The van der Waals surface area contributed by atoms with Gasteiger partial charge in [-0.3, -0.25) is 9.97 Å². The first-order valence-electron chi connectivity index (χ1n) is 10.8. The van der Waals surface area contributed by atoms with Crippen LogP contribution in [0.1, 0.15) is 6.42 Å². The fraction of sp³-hybridized carbons (Fsp3) is 0.292. The van der Waals surface area contributed by atoms with Crippen LogP contribution >= 0.6 is 0 Å². The number of anilines is 3. The standard InChI is InChI=1S/C24H26N8/c1-30-10-3-11-32(13-12-30)24-28-15-19(16-29-24)18-4-5-20-21(14-18)26-7-6-22(20)31(2)23-17-25-8-9-27-23/h4-9,14-17H,3,10-13H2,1-2H3. The summed E-state index contributed by atoms with van der Waals surface area (Å²) in [5.74, 6) is 1.59. The molecule has 0 N–H and O–H groups in total. The summed E-state index contributed by atoms with van der Waals surface area (Å²) < 4.78 is 0. The lowest BCUT2D eigenvalue weighted by molar-refractivity contribution is 0.360. The molecular weight excluding hydrogens is 400 g/mol. The Morgan fingerprint density at radius 1 is 0.812 bits per heavy atom. The molecule has 4 heterocycles. The second-order valence-electron chi connectivity index (χ2n) is 8.10. The molecule has 0 aliphatic carbocycles. The number of benzene rings is 1. The highest BCUT2D eigenvalue weighted by Gasteiger charge is 2.15. The summed E-state index contributed by atoms with van der Waals surface area (Å²) in [4.78, 5) is 29.1. The summed E-state index contributed by atoms with van der Waals surface area (Å²) in [7, 11) is 4.15. The van der Waals surface area contributed by atoms with Crippen molar-refractivity contribution in [2.75, 3.05) is 50.1 Å². The van der Waals surface area contributed by atoms with Crippen molar-refractivity contribution in [3.63, 3.8) is 0 Å². The fourth-order valence-corrected chi connectivity index (χ4v) is 4.07. The smallest absolute Gasteiger partial charge is 0.225 e. The first-order valence-corrected chi connectivity index (χ1v) is 10.8. The van der Waals surface area contributed by atoms with Crippen LogP contribution in [0, 0.1) is 0 Å². The van der Waals surface area contributed by atoms with Gasteiger partial charge in [0.2, 0.25) is 5.95 Å². The summed E-state index contributed by atoms with van der Waals surface area (Å²) in [6, 6.07) is 8.27. The van der Waals surface area contributed by atoms with Crippen LogP contribution in [0.25, 0.3) is 22.0 Å². The molecule has 0 amide bonds. The molecule has 1 saturated heterocycles. The van der Waals surface area contributed by atoms with Gasteiger partial charge in [-0.15, -0.1) is 0 Å². The van der Waals surface area contributed by atoms with Crippen molar-refractivity contribution in [1.82, 2.24) is 29.8 Å². The highest BCUT2D eigenvalue weighted by atomic mass is 15.3. The number of nitrogens with zero attached hydrogens (tertiary/aromatic N) is 8. The molecule has 0 saturated carbocycles. The number of rotatable bonds is 4. The van der Waals surface area contributed by atoms with Crippen LogP contribution in [0.15, 0.2) is 61.4 Å². The molecular formula is C24H26N8. The average Bonchev–Trinajstić information content (AvgIpc) is 3.08. The number of hydrogen-bond acceptors (Lipinski definition) is 8. The average molecular weight is 427 g/mol. The van der Waals surface area contributed by atoms with Crippen LogP contribution in [0.3, 0.4) is 0 Å². The van der Waals surface area contributed by atoms with E-state index in [0.717, 1.165) is 72.1 Å². The number of hydrogen-bond donors (Lipinski definition) is 0. The van der Waals surface area contributed by atoms with Gasteiger partial charge >= 0.3 is 0 Å². The third-order valence-corrected chi connectivity index (χ3v) is 5.95. The van der Waals surface area contributed by atoms with E-state index < -0.39 is 0 Å². The largest absolute Gasteiger partial charge is 0.339 e. The van der Waals surface area contributed by atoms with Crippen LogP contribution in [0.2, 0.25) is 0 Å². The third kappa shape index (κ3) is 4.09. The first-order chi connectivity index (χ1) is 15.7. The molecule has 3 aromatic heterocycles. The number of fused-ring (bicyclic) bond motifs is 1. The topological polar surface area (TPSA) is 74.2 Å². The van der Waals surface area contributed by atoms with Gasteiger partial charge in [-0.1, -0.05) is 12.1 Å². The zero-order chi connectivity index (χ0) is 21.9. The lowest BCUT2D eigenvalue weighted by Crippen LogP contribution is -2.30. The molecule has 1 fully saturated rings. The molecule has 1 aliphatic heterocycles. The number of likely N-dealkylation sites (N-methyl/N-ethyl adjacent to an activating group) is 1. The van der Waals surface area contributed by atoms with Crippen molar-refractivity contribution in [1.29, 1.82) is 0 Å². The zero-order valence-electron chi connectivity index (χ0n) is 18.4. The molecule has 0 bridgehead atoms. The minimum atomic E-state index is 0.785. The summed E-state index contributed by atoms with van der Waals surface area (Å²) >= 11 is 0. The highest BCUT2D eigenvalue weighted by molar-refractivity contribution is 5.95. The van der Waals surface area contributed by atoms with E-state index in [9.17, 15) is 0 Å². The van der Waals surface area contributed by atoms with Crippen LogP contribution in [0.4, 0.5) is 17.5 Å². The van der Waals surface area contributed by atoms with Crippen molar-refractivity contribution in [2.45, 2.75) is 6.42 Å². The van der Waals surface area contributed by atoms with Crippen LogP contribution in [-0.2, 0) is 0 Å². The van der Waals surface area contributed by atoms with Gasteiger partial charge in [-0.25, -0.2) is 15.0 Å². The van der Waals surface area contributed by atoms with Gasteiger partial charge in [0.15, 0.2) is 5.82 Å². The van der Waals surface area contributed by atoms with E-state index in [4.69, 9.17) is 0 Å². The molecule has 0 radical (unpaired) electrons. The van der Waals surface area contributed by atoms with E-state index in [1.807, 2.05) is 36.6 Å². The van der Waals surface area contributed by atoms with Crippen molar-refractivity contribution >= 4 is 28.4 Å². The Morgan fingerprint density at radius 2 is 1.69 bits per heavy atom. The highest BCUT2D eigenvalue weighted by Crippen LogP contribution is 2.31. The van der Waals surface area contributed by atoms with Crippen molar-refractivity contribution < 1.29 is 0 Å². The molecule has 0 unspecified atom stereocenters. The van der Waals surface area contributed by atoms with E-state index in [-0.39, 0.29) is 0 Å². The van der Waals surface area contributed by atoms with Gasteiger partial charge in [0, 0.05) is 68.6 Å². The minimum absolute atomic E-state index is 0.785. The Balaban J connectivity index is 1.42. The predicted octanol–water partition coefficient (Wildman–Crippen LogP) is 3.39. The predicted molar refractivity (Wildman–Crippen MR) is 127 cm³/mol. The molecule has 32 heavy (non-hydrogen) atoms. The van der Waals surface area contributed by atoms with Crippen molar-refractivity contribution in [3.8, 4) is 11.1 Å². The van der Waals surface area contributed by atoms with Gasteiger partial charge in [0.05, 0.1) is 17.4 Å². The van der Waals surface area contributed by atoms with Gasteiger partial charge in [0.1, 0.15) is 0 Å². The second kappa shape index (κ2) is 8.84. The lowest BCUT2D eigenvalue weighted by atomic mass is 10.1. The Bertz CT molecular complexity index is 1200. The maximum Gasteiger partial charge on any atom is 0.225 e. The molecule has 0 spiro atoms. The van der Waals surface area contributed by atoms with Gasteiger partial charge < -0.3 is 14.7 Å². The molecule has 4 aromatic rings. The summed E-state index contributed by atoms with van der Waals surface area (Å²) in [6.07, 6.45) is 11.9. The Kier molecular flexibility index (Phi) is 5.60. The molecule has 1 aromatic carbocycles. The van der Waals surface area contributed by atoms with Crippen molar-refractivity contribution in [3.05, 3.63) is 61.4 Å². The van der Waals surface area contributed by atoms with Crippen molar-refractivity contribution in [2.24, 2.45) is 0 Å². The fourth-order valence-electron chi connectivity index (χ4n) is 4.07. The Hall–Kier alpha value is -3.65.